The van der Waals surface area contributed by atoms with Crippen LogP contribution < -0.4 is 5.32 Å². The van der Waals surface area contributed by atoms with Gasteiger partial charge in [-0.15, -0.1) is 0 Å². The maximum Gasteiger partial charge on any atom is 0.331 e. The molecule has 5 heteroatoms. The van der Waals surface area contributed by atoms with Crippen molar-refractivity contribution in [1.82, 2.24) is 5.32 Å². The van der Waals surface area contributed by atoms with E-state index in [-0.39, 0.29) is 18.5 Å². The predicted molar refractivity (Wildman–Crippen MR) is 53.1 cm³/mol. The van der Waals surface area contributed by atoms with Crippen LogP contribution in [0.4, 0.5) is 0 Å². The minimum atomic E-state index is -0.893. The molecule has 1 fully saturated rings. The maximum absolute atomic E-state index is 11.7. The number of nitrogens with one attached hydrogen (secondary N) is 1. The van der Waals surface area contributed by atoms with Gasteiger partial charge >= 0.3 is 5.97 Å². The van der Waals surface area contributed by atoms with Gasteiger partial charge in [0.15, 0.2) is 0 Å². The van der Waals surface area contributed by atoms with Crippen molar-refractivity contribution in [2.45, 2.75) is 38.1 Å². The molecule has 15 heavy (non-hydrogen) atoms. The highest BCUT2D eigenvalue weighted by Crippen LogP contribution is 2.26. The summed E-state index contributed by atoms with van der Waals surface area (Å²) in [5, 5.41) is 11.4. The maximum atomic E-state index is 11.7. The normalized spacial score (nSPS) is 25.1. The van der Waals surface area contributed by atoms with E-state index in [9.17, 15) is 9.59 Å². The summed E-state index contributed by atoms with van der Waals surface area (Å²) in [5.74, 6) is -0.509. The molecule has 5 nitrogen and oxygen atoms in total. The number of hydrogen-bond acceptors (Lipinski definition) is 4. The molecule has 0 aromatic heterocycles. The molecule has 1 saturated heterocycles. The Hall–Kier alpha value is -1.10. The summed E-state index contributed by atoms with van der Waals surface area (Å²) in [6, 6.07) is 0. The first-order valence-electron chi connectivity index (χ1n) is 5.24. The van der Waals surface area contributed by atoms with Gasteiger partial charge < -0.3 is 15.2 Å². The van der Waals surface area contributed by atoms with Crippen LogP contribution in [0.2, 0.25) is 0 Å². The van der Waals surface area contributed by atoms with Gasteiger partial charge in [-0.05, 0) is 26.2 Å². The number of esters is 1. The first kappa shape index (κ1) is 12.0. The number of aliphatic hydroxyl groups is 1. The standard InChI is InChI=1S/C10H17NO4/c1-2-15-9(14)10(5-3-7-12)6-4-8(13)11-10/h12H,2-7H2,1H3,(H,11,13)/t10-/m0/s1. The highest BCUT2D eigenvalue weighted by Gasteiger charge is 2.45. The van der Waals surface area contributed by atoms with Crippen LogP contribution in [0.5, 0.6) is 0 Å². The molecule has 1 aliphatic heterocycles. The molecule has 0 bridgehead atoms. The fraction of sp³-hybridized carbons (Fsp3) is 0.800. The van der Waals surface area contributed by atoms with Crippen LogP contribution >= 0.6 is 0 Å². The van der Waals surface area contributed by atoms with E-state index in [1.807, 2.05) is 0 Å². The zero-order chi connectivity index (χ0) is 11.3. The van der Waals surface area contributed by atoms with Crippen LogP contribution in [0, 0.1) is 0 Å². The molecule has 1 atom stereocenters. The lowest BCUT2D eigenvalue weighted by Crippen LogP contribution is -2.50. The van der Waals surface area contributed by atoms with E-state index in [0.717, 1.165) is 0 Å². The van der Waals surface area contributed by atoms with Crippen LogP contribution in [-0.4, -0.2) is 35.7 Å². The molecule has 0 unspecified atom stereocenters. The van der Waals surface area contributed by atoms with Crippen molar-refractivity contribution in [1.29, 1.82) is 0 Å². The van der Waals surface area contributed by atoms with Crippen LogP contribution in [0.15, 0.2) is 0 Å². The Morgan fingerprint density at radius 2 is 2.40 bits per heavy atom. The fourth-order valence-electron chi connectivity index (χ4n) is 1.81. The summed E-state index contributed by atoms with van der Waals surface area (Å²) in [6.07, 6.45) is 1.74. The molecule has 2 N–H and O–H groups in total. The zero-order valence-corrected chi connectivity index (χ0v) is 8.91. The SMILES string of the molecule is CCOC(=O)[C@]1(CCCO)CCC(=O)N1. The average Bonchev–Trinajstić information content (AvgIpc) is 2.59. The van der Waals surface area contributed by atoms with Gasteiger partial charge in [0.25, 0.3) is 0 Å². The molecule has 86 valence electrons. The predicted octanol–water partition coefficient (Wildman–Crippen LogP) is -0.0292. The topological polar surface area (TPSA) is 75.6 Å². The van der Waals surface area contributed by atoms with Crippen molar-refractivity contribution >= 4 is 11.9 Å². The van der Waals surface area contributed by atoms with Crippen LogP contribution in [0.3, 0.4) is 0 Å². The Balaban J connectivity index is 2.68. The highest BCUT2D eigenvalue weighted by atomic mass is 16.5. The van der Waals surface area contributed by atoms with E-state index in [1.165, 1.54) is 0 Å². The van der Waals surface area contributed by atoms with Crippen molar-refractivity contribution in [3.05, 3.63) is 0 Å². The minimum Gasteiger partial charge on any atom is -0.464 e. The number of carbonyl (C=O) groups excluding carboxylic acids is 2. The van der Waals surface area contributed by atoms with Crippen molar-refractivity contribution in [2.75, 3.05) is 13.2 Å². The molecule has 1 rings (SSSR count). The zero-order valence-electron chi connectivity index (χ0n) is 8.91. The summed E-state index contributed by atoms with van der Waals surface area (Å²) in [5.41, 5.74) is -0.893. The molecule has 0 radical (unpaired) electrons. The summed E-state index contributed by atoms with van der Waals surface area (Å²) in [7, 11) is 0. The van der Waals surface area contributed by atoms with Gasteiger partial charge in [-0.25, -0.2) is 4.79 Å². The molecule has 0 aromatic rings. The van der Waals surface area contributed by atoms with E-state index >= 15 is 0 Å². The lowest BCUT2D eigenvalue weighted by Gasteiger charge is -2.26. The monoisotopic (exact) mass is 215 g/mol. The number of hydrogen-bond donors (Lipinski definition) is 2. The molecule has 0 spiro atoms. The summed E-state index contributed by atoms with van der Waals surface area (Å²) >= 11 is 0. The average molecular weight is 215 g/mol. The first-order chi connectivity index (χ1) is 7.14. The van der Waals surface area contributed by atoms with E-state index < -0.39 is 5.54 Å². The molecule has 0 saturated carbocycles. The minimum absolute atomic E-state index is 0.0109. The largest absolute Gasteiger partial charge is 0.464 e. The summed E-state index contributed by atoms with van der Waals surface area (Å²) in [6.45, 7) is 2.04. The van der Waals surface area contributed by atoms with Crippen LogP contribution in [0.25, 0.3) is 0 Å². The smallest absolute Gasteiger partial charge is 0.331 e. The molecular weight excluding hydrogens is 198 g/mol. The Labute approximate surface area is 88.8 Å². The Morgan fingerprint density at radius 3 is 2.87 bits per heavy atom. The van der Waals surface area contributed by atoms with Crippen molar-refractivity contribution in [2.24, 2.45) is 0 Å². The first-order valence-corrected chi connectivity index (χ1v) is 5.24. The van der Waals surface area contributed by atoms with E-state index in [2.05, 4.69) is 5.32 Å². The summed E-state index contributed by atoms with van der Waals surface area (Å²) in [4.78, 5) is 22.8. The van der Waals surface area contributed by atoms with Crippen LogP contribution in [-0.2, 0) is 14.3 Å². The second-order valence-electron chi connectivity index (χ2n) is 3.68. The number of rotatable bonds is 5. The Kier molecular flexibility index (Phi) is 4.08. The Morgan fingerprint density at radius 1 is 1.67 bits per heavy atom. The molecular formula is C10H17NO4. The van der Waals surface area contributed by atoms with Gasteiger partial charge in [0.05, 0.1) is 6.61 Å². The Bertz CT molecular complexity index is 254. The van der Waals surface area contributed by atoms with Gasteiger partial charge in [-0.2, -0.15) is 0 Å². The van der Waals surface area contributed by atoms with Crippen molar-refractivity contribution in [3.8, 4) is 0 Å². The summed E-state index contributed by atoms with van der Waals surface area (Å²) < 4.78 is 4.94. The number of ether oxygens (including phenoxy) is 1. The van der Waals surface area contributed by atoms with E-state index in [1.54, 1.807) is 6.92 Å². The van der Waals surface area contributed by atoms with E-state index in [4.69, 9.17) is 9.84 Å². The third-order valence-electron chi connectivity index (χ3n) is 2.59. The lowest BCUT2D eigenvalue weighted by molar-refractivity contribution is -0.152. The molecule has 1 heterocycles. The van der Waals surface area contributed by atoms with Crippen molar-refractivity contribution in [3.63, 3.8) is 0 Å². The van der Waals surface area contributed by atoms with E-state index in [0.29, 0.717) is 32.3 Å². The third-order valence-corrected chi connectivity index (χ3v) is 2.59. The molecule has 1 aliphatic rings. The third kappa shape index (κ3) is 2.68. The van der Waals surface area contributed by atoms with Gasteiger partial charge in [-0.1, -0.05) is 0 Å². The second-order valence-corrected chi connectivity index (χ2v) is 3.68. The number of carbonyl (C=O) groups is 2. The lowest BCUT2D eigenvalue weighted by atomic mass is 9.92. The van der Waals surface area contributed by atoms with Crippen LogP contribution in [0.1, 0.15) is 32.6 Å². The fourth-order valence-corrected chi connectivity index (χ4v) is 1.81. The van der Waals surface area contributed by atoms with Gasteiger partial charge in [0.2, 0.25) is 5.91 Å². The molecule has 0 aliphatic carbocycles. The van der Waals surface area contributed by atoms with Gasteiger partial charge in [-0.3, -0.25) is 4.79 Å². The quantitative estimate of drug-likeness (QED) is 0.631. The molecule has 1 amide bonds. The van der Waals surface area contributed by atoms with Gasteiger partial charge in [0, 0.05) is 13.0 Å². The van der Waals surface area contributed by atoms with Crippen molar-refractivity contribution < 1.29 is 19.4 Å². The number of amides is 1. The molecule has 0 aromatic carbocycles. The highest BCUT2D eigenvalue weighted by molar-refractivity contribution is 5.91. The van der Waals surface area contributed by atoms with Gasteiger partial charge in [0.1, 0.15) is 5.54 Å². The number of aliphatic hydroxyl groups excluding tert-OH is 1. The second kappa shape index (κ2) is 5.11.